The number of rotatable bonds is 1. The van der Waals surface area contributed by atoms with E-state index in [0.29, 0.717) is 0 Å². The molecule has 0 bridgehead atoms. The van der Waals surface area contributed by atoms with Crippen LogP contribution in [0.15, 0.2) is 0 Å². The lowest BCUT2D eigenvalue weighted by atomic mass is 10.2. The summed E-state index contributed by atoms with van der Waals surface area (Å²) in [6.07, 6.45) is 2.38. The molecule has 0 saturated carbocycles. The third-order valence-electron chi connectivity index (χ3n) is 2.97. The van der Waals surface area contributed by atoms with Gasteiger partial charge in [-0.15, -0.1) is 0 Å². The van der Waals surface area contributed by atoms with Crippen LogP contribution in [0.4, 0.5) is 0 Å². The van der Waals surface area contributed by atoms with Crippen molar-refractivity contribution in [3.8, 4) is 0 Å². The van der Waals surface area contributed by atoms with Gasteiger partial charge in [0.1, 0.15) is 0 Å². The van der Waals surface area contributed by atoms with Gasteiger partial charge in [0.25, 0.3) is 0 Å². The van der Waals surface area contributed by atoms with Crippen LogP contribution < -0.4 is 5.32 Å². The highest BCUT2D eigenvalue weighted by Crippen LogP contribution is 2.11. The number of nitrogens with zero attached hydrogens (tertiary/aromatic N) is 1. The minimum atomic E-state index is -0.540. The van der Waals surface area contributed by atoms with Crippen LogP contribution in [0.25, 0.3) is 0 Å². The van der Waals surface area contributed by atoms with Crippen molar-refractivity contribution in [3.63, 3.8) is 0 Å². The SMILES string of the molecule is O=S1CCCN(C2CCNC2)CC1. The van der Waals surface area contributed by atoms with E-state index in [1.165, 1.54) is 6.42 Å². The van der Waals surface area contributed by atoms with E-state index in [-0.39, 0.29) is 0 Å². The molecular formula is C9H18N2OS. The van der Waals surface area contributed by atoms with E-state index in [4.69, 9.17) is 0 Å². The summed E-state index contributed by atoms with van der Waals surface area (Å²) in [5, 5.41) is 3.38. The molecule has 4 heteroatoms. The lowest BCUT2D eigenvalue weighted by Crippen LogP contribution is -2.38. The summed E-state index contributed by atoms with van der Waals surface area (Å²) in [6.45, 7) is 4.48. The van der Waals surface area contributed by atoms with Gasteiger partial charge >= 0.3 is 0 Å². The Kier molecular flexibility index (Phi) is 3.35. The van der Waals surface area contributed by atoms with E-state index in [1.807, 2.05) is 0 Å². The van der Waals surface area contributed by atoms with E-state index in [0.717, 1.165) is 50.1 Å². The highest BCUT2D eigenvalue weighted by molar-refractivity contribution is 7.85. The monoisotopic (exact) mass is 202 g/mol. The Bertz CT molecular complexity index is 192. The standard InChI is InChI=1S/C9H18N2OS/c12-13-6-1-4-11(5-7-13)9-2-3-10-8-9/h9-10H,1-8H2. The molecule has 3 nitrogen and oxygen atoms in total. The van der Waals surface area contributed by atoms with Crippen LogP contribution in [-0.4, -0.2) is 52.8 Å². The Morgan fingerprint density at radius 2 is 2.23 bits per heavy atom. The van der Waals surface area contributed by atoms with E-state index in [2.05, 4.69) is 10.2 Å². The summed E-state index contributed by atoms with van der Waals surface area (Å²) < 4.78 is 11.3. The quantitative estimate of drug-likeness (QED) is 0.639. The highest BCUT2D eigenvalue weighted by atomic mass is 32.2. The number of nitrogens with one attached hydrogen (secondary N) is 1. The predicted octanol–water partition coefficient (Wildman–Crippen LogP) is -0.197. The van der Waals surface area contributed by atoms with Gasteiger partial charge in [0.05, 0.1) is 0 Å². The van der Waals surface area contributed by atoms with Crippen molar-refractivity contribution in [1.82, 2.24) is 10.2 Å². The molecule has 0 spiro atoms. The van der Waals surface area contributed by atoms with Crippen LogP contribution in [0, 0.1) is 0 Å². The lowest BCUT2D eigenvalue weighted by Gasteiger charge is -2.25. The summed E-state index contributed by atoms with van der Waals surface area (Å²) >= 11 is 0. The summed E-state index contributed by atoms with van der Waals surface area (Å²) in [5.74, 6) is 1.80. The molecule has 2 heterocycles. The second-order valence-electron chi connectivity index (χ2n) is 3.88. The van der Waals surface area contributed by atoms with E-state index < -0.39 is 10.8 Å². The minimum Gasteiger partial charge on any atom is -0.315 e. The van der Waals surface area contributed by atoms with Gasteiger partial charge in [0.15, 0.2) is 0 Å². The van der Waals surface area contributed by atoms with Crippen molar-refractivity contribution < 1.29 is 4.21 Å². The molecular weight excluding hydrogens is 184 g/mol. The Hall–Kier alpha value is 0.0700. The molecule has 76 valence electrons. The third kappa shape index (κ3) is 2.51. The fourth-order valence-corrected chi connectivity index (χ4v) is 3.27. The van der Waals surface area contributed by atoms with Gasteiger partial charge in [-0.1, -0.05) is 0 Å². The van der Waals surface area contributed by atoms with Crippen LogP contribution in [0.1, 0.15) is 12.8 Å². The third-order valence-corrected chi connectivity index (χ3v) is 4.36. The Morgan fingerprint density at radius 1 is 1.31 bits per heavy atom. The molecule has 0 radical (unpaired) electrons. The zero-order valence-electron chi connectivity index (χ0n) is 8.00. The average Bonchev–Trinajstić information content (AvgIpc) is 2.56. The molecule has 0 aromatic carbocycles. The molecule has 2 saturated heterocycles. The van der Waals surface area contributed by atoms with Gasteiger partial charge in [-0.3, -0.25) is 9.11 Å². The average molecular weight is 202 g/mol. The molecule has 2 aliphatic rings. The first-order valence-corrected chi connectivity index (χ1v) is 6.65. The number of hydrogen-bond acceptors (Lipinski definition) is 3. The van der Waals surface area contributed by atoms with Crippen molar-refractivity contribution in [1.29, 1.82) is 0 Å². The molecule has 13 heavy (non-hydrogen) atoms. The van der Waals surface area contributed by atoms with Gasteiger partial charge in [0.2, 0.25) is 0 Å². The maximum atomic E-state index is 11.3. The smallest absolute Gasteiger partial charge is 0.0362 e. The summed E-state index contributed by atoms with van der Waals surface area (Å²) in [7, 11) is -0.540. The second kappa shape index (κ2) is 4.53. The molecule has 2 rings (SSSR count). The van der Waals surface area contributed by atoms with E-state index >= 15 is 0 Å². The molecule has 2 fully saturated rings. The van der Waals surface area contributed by atoms with Crippen molar-refractivity contribution in [2.75, 3.05) is 37.7 Å². The van der Waals surface area contributed by atoms with Crippen molar-refractivity contribution in [2.24, 2.45) is 0 Å². The van der Waals surface area contributed by atoms with E-state index in [9.17, 15) is 4.21 Å². The number of hydrogen-bond donors (Lipinski definition) is 1. The van der Waals surface area contributed by atoms with Gasteiger partial charge in [0, 0.05) is 41.4 Å². The Labute approximate surface area is 82.3 Å². The molecule has 1 N–H and O–H groups in total. The van der Waals surface area contributed by atoms with Crippen LogP contribution in [0.2, 0.25) is 0 Å². The molecule has 2 aliphatic heterocycles. The summed E-state index contributed by atoms with van der Waals surface area (Å²) in [4.78, 5) is 2.52. The normalized spacial score (nSPS) is 37.5. The largest absolute Gasteiger partial charge is 0.315 e. The maximum absolute atomic E-state index is 11.3. The van der Waals surface area contributed by atoms with Crippen LogP contribution in [0.5, 0.6) is 0 Å². The molecule has 0 aromatic rings. The second-order valence-corrected chi connectivity index (χ2v) is 5.58. The topological polar surface area (TPSA) is 32.3 Å². The minimum absolute atomic E-state index is 0.540. The van der Waals surface area contributed by atoms with E-state index in [1.54, 1.807) is 0 Å². The van der Waals surface area contributed by atoms with Gasteiger partial charge in [-0.2, -0.15) is 0 Å². The van der Waals surface area contributed by atoms with Crippen molar-refractivity contribution in [2.45, 2.75) is 18.9 Å². The highest BCUT2D eigenvalue weighted by Gasteiger charge is 2.23. The van der Waals surface area contributed by atoms with Crippen molar-refractivity contribution >= 4 is 10.8 Å². The molecule has 0 amide bonds. The fraction of sp³-hybridized carbons (Fsp3) is 1.00. The lowest BCUT2D eigenvalue weighted by molar-refractivity contribution is 0.225. The zero-order chi connectivity index (χ0) is 9.10. The zero-order valence-corrected chi connectivity index (χ0v) is 8.81. The molecule has 2 atom stereocenters. The van der Waals surface area contributed by atoms with Gasteiger partial charge < -0.3 is 5.32 Å². The summed E-state index contributed by atoms with van der Waals surface area (Å²) in [5.41, 5.74) is 0. The van der Waals surface area contributed by atoms with Crippen molar-refractivity contribution in [3.05, 3.63) is 0 Å². The predicted molar refractivity (Wildman–Crippen MR) is 55.3 cm³/mol. The molecule has 0 aromatic heterocycles. The summed E-state index contributed by atoms with van der Waals surface area (Å²) in [6, 6.07) is 0.718. The first-order chi connectivity index (χ1) is 6.36. The molecule has 0 aliphatic carbocycles. The fourth-order valence-electron chi connectivity index (χ4n) is 2.18. The van der Waals surface area contributed by atoms with Crippen LogP contribution in [0.3, 0.4) is 0 Å². The Balaban J connectivity index is 1.87. The first kappa shape index (κ1) is 9.62. The maximum Gasteiger partial charge on any atom is 0.0362 e. The van der Waals surface area contributed by atoms with Gasteiger partial charge in [-0.25, -0.2) is 0 Å². The van der Waals surface area contributed by atoms with Gasteiger partial charge in [-0.05, 0) is 25.9 Å². The van der Waals surface area contributed by atoms with Crippen LogP contribution in [-0.2, 0) is 10.8 Å². The Morgan fingerprint density at radius 3 is 3.00 bits per heavy atom. The van der Waals surface area contributed by atoms with Crippen LogP contribution >= 0.6 is 0 Å². The first-order valence-electron chi connectivity index (χ1n) is 5.16. The molecule has 2 unspecified atom stereocenters.